The Morgan fingerprint density at radius 1 is 1.32 bits per heavy atom. The Balaban J connectivity index is 2.15. The van der Waals surface area contributed by atoms with Gasteiger partial charge in [0, 0.05) is 24.8 Å². The first-order chi connectivity index (χ1) is 8.94. The maximum Gasteiger partial charge on any atom is 0.240 e. The molecule has 0 bridgehead atoms. The largest absolute Gasteiger partial charge is 0.371 e. The number of hydrogen-bond acceptors (Lipinski definition) is 4. The molecule has 2 atom stereocenters. The highest BCUT2D eigenvalue weighted by Crippen LogP contribution is 2.23. The van der Waals surface area contributed by atoms with Gasteiger partial charge >= 0.3 is 0 Å². The van der Waals surface area contributed by atoms with E-state index in [1.54, 1.807) is 12.1 Å². The van der Waals surface area contributed by atoms with Gasteiger partial charge in [-0.3, -0.25) is 0 Å². The van der Waals surface area contributed by atoms with Crippen LogP contribution in [0.5, 0.6) is 0 Å². The van der Waals surface area contributed by atoms with Gasteiger partial charge in [-0.2, -0.15) is 0 Å². The van der Waals surface area contributed by atoms with Gasteiger partial charge in [0.2, 0.25) is 10.0 Å². The minimum Gasteiger partial charge on any atom is -0.371 e. The summed E-state index contributed by atoms with van der Waals surface area (Å²) < 4.78 is 25.6. The van der Waals surface area contributed by atoms with Crippen LogP contribution < -0.4 is 15.4 Å². The summed E-state index contributed by atoms with van der Waals surface area (Å²) in [4.78, 5) is 2.55. The van der Waals surface area contributed by atoms with Gasteiger partial charge in [0.25, 0.3) is 0 Å². The summed E-state index contributed by atoms with van der Waals surface area (Å²) >= 11 is 0. The van der Waals surface area contributed by atoms with E-state index in [1.807, 2.05) is 12.1 Å². The average molecular weight is 283 g/mol. The fraction of sp³-hybridized carbons (Fsp3) is 0.538. The fourth-order valence-corrected chi connectivity index (χ4v) is 3.08. The average Bonchev–Trinajstić information content (AvgIpc) is 2.42. The highest BCUT2D eigenvalue weighted by atomic mass is 32.2. The zero-order valence-electron chi connectivity index (χ0n) is 11.3. The topological polar surface area (TPSA) is 75.4 Å². The first-order valence-electron chi connectivity index (χ1n) is 6.48. The van der Waals surface area contributed by atoms with Crippen molar-refractivity contribution >= 4 is 15.7 Å². The van der Waals surface area contributed by atoms with Crippen LogP contribution in [0.3, 0.4) is 0 Å². The standard InChI is InChI=1S/C13H21N3O2S/c1-10-9-16(8-7-13(10)14)11-3-5-12(6-4-11)19(17,18)15-2/h3-6,10,13,15H,7-9,14H2,1-2H3. The molecule has 6 heteroatoms. The highest BCUT2D eigenvalue weighted by molar-refractivity contribution is 7.89. The van der Waals surface area contributed by atoms with E-state index in [2.05, 4.69) is 16.5 Å². The Morgan fingerprint density at radius 2 is 1.95 bits per heavy atom. The smallest absolute Gasteiger partial charge is 0.240 e. The molecule has 1 aromatic carbocycles. The van der Waals surface area contributed by atoms with Crippen LogP contribution in [-0.4, -0.2) is 34.6 Å². The lowest BCUT2D eigenvalue weighted by Crippen LogP contribution is -2.45. The molecule has 0 amide bonds. The number of nitrogens with two attached hydrogens (primary N) is 1. The molecule has 0 aliphatic carbocycles. The molecule has 0 radical (unpaired) electrons. The summed E-state index contributed by atoms with van der Waals surface area (Å²) in [5.74, 6) is 0.453. The molecule has 0 spiro atoms. The number of anilines is 1. The lowest BCUT2D eigenvalue weighted by Gasteiger charge is -2.36. The second kappa shape index (κ2) is 5.48. The first-order valence-corrected chi connectivity index (χ1v) is 7.96. The first kappa shape index (κ1) is 14.3. The number of sulfonamides is 1. The molecule has 0 aromatic heterocycles. The van der Waals surface area contributed by atoms with Crippen LogP contribution in [-0.2, 0) is 10.0 Å². The number of rotatable bonds is 3. The van der Waals surface area contributed by atoms with Crippen molar-refractivity contribution < 1.29 is 8.42 Å². The summed E-state index contributed by atoms with van der Waals surface area (Å²) in [6.07, 6.45) is 0.970. The zero-order valence-corrected chi connectivity index (χ0v) is 12.2. The predicted molar refractivity (Wildman–Crippen MR) is 76.7 cm³/mol. The molecule has 1 aliphatic heterocycles. The van der Waals surface area contributed by atoms with Crippen LogP contribution in [0.4, 0.5) is 5.69 Å². The Hall–Kier alpha value is -1.11. The molecule has 1 fully saturated rings. The number of nitrogens with one attached hydrogen (secondary N) is 1. The third kappa shape index (κ3) is 3.08. The van der Waals surface area contributed by atoms with E-state index in [0.717, 1.165) is 25.2 Å². The monoisotopic (exact) mass is 283 g/mol. The minimum atomic E-state index is -3.35. The predicted octanol–water partition coefficient (Wildman–Crippen LogP) is 0.768. The highest BCUT2D eigenvalue weighted by Gasteiger charge is 2.23. The molecule has 19 heavy (non-hydrogen) atoms. The molecule has 0 saturated carbocycles. The fourth-order valence-electron chi connectivity index (χ4n) is 2.35. The van der Waals surface area contributed by atoms with Crippen molar-refractivity contribution in [3.63, 3.8) is 0 Å². The van der Waals surface area contributed by atoms with Crippen LogP contribution in [0.25, 0.3) is 0 Å². The molecular weight excluding hydrogens is 262 g/mol. The second-order valence-electron chi connectivity index (χ2n) is 5.08. The molecule has 1 saturated heterocycles. The van der Waals surface area contributed by atoms with E-state index in [4.69, 9.17) is 5.73 Å². The van der Waals surface area contributed by atoms with Crippen molar-refractivity contribution in [3.8, 4) is 0 Å². The van der Waals surface area contributed by atoms with Gasteiger partial charge in [-0.05, 0) is 43.7 Å². The molecule has 3 N–H and O–H groups in total. The van der Waals surface area contributed by atoms with Gasteiger partial charge in [-0.1, -0.05) is 6.92 Å². The van der Waals surface area contributed by atoms with E-state index in [9.17, 15) is 8.42 Å². The maximum absolute atomic E-state index is 11.6. The summed E-state index contributed by atoms with van der Waals surface area (Å²) in [6.45, 7) is 3.99. The van der Waals surface area contributed by atoms with Gasteiger partial charge < -0.3 is 10.6 Å². The third-order valence-corrected chi connectivity index (χ3v) is 5.18. The molecule has 2 rings (SSSR count). The van der Waals surface area contributed by atoms with E-state index in [1.165, 1.54) is 7.05 Å². The van der Waals surface area contributed by atoms with E-state index in [0.29, 0.717) is 10.8 Å². The summed E-state index contributed by atoms with van der Waals surface area (Å²) in [7, 11) is -1.94. The van der Waals surface area contributed by atoms with Gasteiger partial charge in [0.05, 0.1) is 4.90 Å². The second-order valence-corrected chi connectivity index (χ2v) is 6.96. The molecule has 1 aromatic rings. The lowest BCUT2D eigenvalue weighted by atomic mass is 9.94. The van der Waals surface area contributed by atoms with Gasteiger partial charge in [0.1, 0.15) is 0 Å². The normalized spacial score (nSPS) is 24.5. The quantitative estimate of drug-likeness (QED) is 0.859. The zero-order chi connectivity index (χ0) is 14.0. The molecule has 106 valence electrons. The Labute approximate surface area is 114 Å². The van der Waals surface area contributed by atoms with Crippen LogP contribution in [0.15, 0.2) is 29.2 Å². The van der Waals surface area contributed by atoms with Gasteiger partial charge in [-0.25, -0.2) is 13.1 Å². The molecule has 2 unspecified atom stereocenters. The van der Waals surface area contributed by atoms with Crippen molar-refractivity contribution in [2.45, 2.75) is 24.3 Å². The van der Waals surface area contributed by atoms with Gasteiger partial charge in [0.15, 0.2) is 0 Å². The van der Waals surface area contributed by atoms with Crippen LogP contribution in [0.2, 0.25) is 0 Å². The SMILES string of the molecule is CNS(=O)(=O)c1ccc(N2CCC(N)C(C)C2)cc1. The summed E-state index contributed by atoms with van der Waals surface area (Å²) in [5, 5.41) is 0. The van der Waals surface area contributed by atoms with E-state index < -0.39 is 10.0 Å². The number of benzene rings is 1. The number of piperidine rings is 1. The van der Waals surface area contributed by atoms with Crippen LogP contribution >= 0.6 is 0 Å². The number of nitrogens with zero attached hydrogens (tertiary/aromatic N) is 1. The van der Waals surface area contributed by atoms with E-state index in [-0.39, 0.29) is 6.04 Å². The molecule has 1 heterocycles. The summed E-state index contributed by atoms with van der Waals surface area (Å²) in [5.41, 5.74) is 7.05. The number of hydrogen-bond donors (Lipinski definition) is 2. The van der Waals surface area contributed by atoms with Gasteiger partial charge in [-0.15, -0.1) is 0 Å². The van der Waals surface area contributed by atoms with Crippen molar-refractivity contribution in [3.05, 3.63) is 24.3 Å². The van der Waals surface area contributed by atoms with Crippen molar-refractivity contribution in [1.29, 1.82) is 0 Å². The maximum atomic E-state index is 11.6. The Morgan fingerprint density at radius 3 is 2.47 bits per heavy atom. The lowest BCUT2D eigenvalue weighted by molar-refractivity contribution is 0.383. The molecule has 5 nitrogen and oxygen atoms in total. The van der Waals surface area contributed by atoms with Crippen LogP contribution in [0, 0.1) is 5.92 Å². The van der Waals surface area contributed by atoms with Crippen LogP contribution in [0.1, 0.15) is 13.3 Å². The van der Waals surface area contributed by atoms with E-state index >= 15 is 0 Å². The Kier molecular flexibility index (Phi) is 4.13. The molecule has 1 aliphatic rings. The van der Waals surface area contributed by atoms with Crippen molar-refractivity contribution in [2.24, 2.45) is 11.7 Å². The third-order valence-electron chi connectivity index (χ3n) is 3.75. The minimum absolute atomic E-state index is 0.264. The molecular formula is C13H21N3O2S. The Bertz CT molecular complexity index is 527. The summed E-state index contributed by atoms with van der Waals surface area (Å²) in [6, 6.07) is 7.25. The van der Waals surface area contributed by atoms with Crippen molar-refractivity contribution in [1.82, 2.24) is 4.72 Å². The van der Waals surface area contributed by atoms with Crippen molar-refractivity contribution in [2.75, 3.05) is 25.0 Å².